The Labute approximate surface area is 137 Å². The molecule has 23 heavy (non-hydrogen) atoms. The highest BCUT2D eigenvalue weighted by molar-refractivity contribution is 7.09. The molecule has 6 heteroatoms. The number of hydrogen-bond donors (Lipinski definition) is 1. The summed E-state index contributed by atoms with van der Waals surface area (Å²) in [7, 11) is 0. The van der Waals surface area contributed by atoms with E-state index in [2.05, 4.69) is 5.32 Å². The molecule has 0 spiro atoms. The highest BCUT2D eigenvalue weighted by atomic mass is 32.1. The standard InChI is InChI=1S/C17H18F2N2OS/c18-13-9-12-3-1-7-21(17(12)15(19)10-13)11-16(22)20-6-5-14-4-2-8-23-14/h2,4,8-10H,1,3,5-7,11H2,(H,20,22). The normalized spacial score (nSPS) is 13.7. The fourth-order valence-corrected chi connectivity index (χ4v) is 3.61. The fourth-order valence-electron chi connectivity index (χ4n) is 2.90. The molecule has 1 amide bonds. The first-order chi connectivity index (χ1) is 11.1. The monoisotopic (exact) mass is 336 g/mol. The van der Waals surface area contributed by atoms with E-state index in [0.29, 0.717) is 30.8 Å². The number of fused-ring (bicyclic) bond motifs is 1. The van der Waals surface area contributed by atoms with E-state index in [1.165, 1.54) is 10.9 Å². The SMILES string of the molecule is O=C(CN1CCCc2cc(F)cc(F)c21)NCCc1cccs1. The third kappa shape index (κ3) is 3.88. The molecule has 0 saturated heterocycles. The smallest absolute Gasteiger partial charge is 0.239 e. The minimum Gasteiger partial charge on any atom is -0.360 e. The molecule has 2 heterocycles. The van der Waals surface area contributed by atoms with Gasteiger partial charge in [0.1, 0.15) is 11.6 Å². The summed E-state index contributed by atoms with van der Waals surface area (Å²) in [4.78, 5) is 15.0. The van der Waals surface area contributed by atoms with Gasteiger partial charge in [-0.05, 0) is 42.3 Å². The molecule has 0 bridgehead atoms. The van der Waals surface area contributed by atoms with Gasteiger partial charge < -0.3 is 10.2 Å². The van der Waals surface area contributed by atoms with Crippen LogP contribution in [0.3, 0.4) is 0 Å². The lowest BCUT2D eigenvalue weighted by Crippen LogP contribution is -2.40. The first kappa shape index (κ1) is 15.9. The lowest BCUT2D eigenvalue weighted by Gasteiger charge is -2.31. The van der Waals surface area contributed by atoms with Crippen LogP contribution in [0.2, 0.25) is 0 Å². The van der Waals surface area contributed by atoms with Gasteiger partial charge in [0.2, 0.25) is 5.91 Å². The van der Waals surface area contributed by atoms with Gasteiger partial charge in [-0.2, -0.15) is 0 Å². The maximum atomic E-state index is 14.1. The third-order valence-electron chi connectivity index (χ3n) is 3.91. The van der Waals surface area contributed by atoms with Gasteiger partial charge >= 0.3 is 0 Å². The van der Waals surface area contributed by atoms with Crippen LogP contribution in [0.4, 0.5) is 14.5 Å². The van der Waals surface area contributed by atoms with Gasteiger partial charge in [0.15, 0.2) is 0 Å². The molecule has 1 N–H and O–H groups in total. The zero-order valence-corrected chi connectivity index (χ0v) is 13.5. The predicted molar refractivity (Wildman–Crippen MR) is 87.9 cm³/mol. The molecule has 122 valence electrons. The van der Waals surface area contributed by atoms with Crippen molar-refractivity contribution < 1.29 is 13.6 Å². The topological polar surface area (TPSA) is 32.3 Å². The molecule has 1 aromatic carbocycles. The minimum absolute atomic E-state index is 0.0972. The summed E-state index contributed by atoms with van der Waals surface area (Å²) < 4.78 is 27.4. The number of rotatable bonds is 5. The van der Waals surface area contributed by atoms with Crippen LogP contribution in [0.1, 0.15) is 16.9 Å². The summed E-state index contributed by atoms with van der Waals surface area (Å²) in [6, 6.07) is 6.25. The Hall–Kier alpha value is -1.95. The Balaban J connectivity index is 1.59. The molecule has 1 aliphatic heterocycles. The van der Waals surface area contributed by atoms with E-state index in [9.17, 15) is 13.6 Å². The molecule has 0 fully saturated rings. The molecule has 0 saturated carbocycles. The maximum Gasteiger partial charge on any atom is 0.239 e. The lowest BCUT2D eigenvalue weighted by atomic mass is 10.0. The van der Waals surface area contributed by atoms with Crippen LogP contribution >= 0.6 is 11.3 Å². The zero-order chi connectivity index (χ0) is 16.2. The van der Waals surface area contributed by atoms with Crippen molar-refractivity contribution in [2.24, 2.45) is 0 Å². The van der Waals surface area contributed by atoms with Gasteiger partial charge in [0.05, 0.1) is 12.2 Å². The van der Waals surface area contributed by atoms with E-state index in [0.717, 1.165) is 18.9 Å². The first-order valence-electron chi connectivity index (χ1n) is 7.65. The van der Waals surface area contributed by atoms with Gasteiger partial charge in [-0.3, -0.25) is 4.79 Å². The number of amides is 1. The highest BCUT2D eigenvalue weighted by Gasteiger charge is 2.23. The molecule has 1 aliphatic rings. The molecule has 0 aliphatic carbocycles. The number of aryl methyl sites for hydroxylation is 1. The molecule has 3 nitrogen and oxygen atoms in total. The molecule has 0 atom stereocenters. The van der Waals surface area contributed by atoms with Crippen LogP contribution in [0, 0.1) is 11.6 Å². The highest BCUT2D eigenvalue weighted by Crippen LogP contribution is 2.30. The van der Waals surface area contributed by atoms with Crippen molar-refractivity contribution in [3.05, 3.63) is 51.7 Å². The Morgan fingerprint density at radius 2 is 2.22 bits per heavy atom. The van der Waals surface area contributed by atoms with Crippen molar-refractivity contribution in [1.82, 2.24) is 5.32 Å². The number of nitrogens with one attached hydrogen (secondary N) is 1. The van der Waals surface area contributed by atoms with Crippen LogP contribution in [0.15, 0.2) is 29.6 Å². The number of anilines is 1. The van der Waals surface area contributed by atoms with E-state index in [1.807, 2.05) is 17.5 Å². The predicted octanol–water partition coefficient (Wildman–Crippen LogP) is 3.14. The van der Waals surface area contributed by atoms with Crippen molar-refractivity contribution in [2.75, 3.05) is 24.5 Å². The van der Waals surface area contributed by atoms with E-state index in [-0.39, 0.29) is 12.5 Å². The Morgan fingerprint density at radius 1 is 1.35 bits per heavy atom. The zero-order valence-electron chi connectivity index (χ0n) is 12.6. The second-order valence-corrected chi connectivity index (χ2v) is 6.63. The summed E-state index contributed by atoms with van der Waals surface area (Å²) in [6.45, 7) is 1.26. The number of halogens is 2. The van der Waals surface area contributed by atoms with E-state index >= 15 is 0 Å². The van der Waals surface area contributed by atoms with Crippen LogP contribution in [0.25, 0.3) is 0 Å². The minimum atomic E-state index is -0.592. The van der Waals surface area contributed by atoms with Crippen LogP contribution in [-0.4, -0.2) is 25.5 Å². The van der Waals surface area contributed by atoms with Crippen molar-refractivity contribution in [3.8, 4) is 0 Å². The average molecular weight is 336 g/mol. The first-order valence-corrected chi connectivity index (χ1v) is 8.53. The molecule has 3 rings (SSSR count). The second kappa shape index (κ2) is 7.08. The van der Waals surface area contributed by atoms with Crippen molar-refractivity contribution >= 4 is 22.9 Å². The number of nitrogens with zero attached hydrogens (tertiary/aromatic N) is 1. The Kier molecular flexibility index (Phi) is 4.91. The number of carbonyl (C=O) groups excluding carboxylic acids is 1. The molecular formula is C17H18F2N2OS. The van der Waals surface area contributed by atoms with Crippen LogP contribution < -0.4 is 10.2 Å². The van der Waals surface area contributed by atoms with Gasteiger partial charge in [0.25, 0.3) is 0 Å². The molecular weight excluding hydrogens is 318 g/mol. The number of benzene rings is 1. The summed E-state index contributed by atoms with van der Waals surface area (Å²) in [5.74, 6) is -1.30. The number of hydrogen-bond acceptors (Lipinski definition) is 3. The van der Waals surface area contributed by atoms with E-state index in [1.54, 1.807) is 16.2 Å². The molecule has 1 aromatic heterocycles. The van der Waals surface area contributed by atoms with Crippen molar-refractivity contribution in [1.29, 1.82) is 0 Å². The summed E-state index contributed by atoms with van der Waals surface area (Å²) in [5, 5.41) is 4.86. The van der Waals surface area contributed by atoms with E-state index in [4.69, 9.17) is 0 Å². The largest absolute Gasteiger partial charge is 0.360 e. The second-order valence-electron chi connectivity index (χ2n) is 5.60. The maximum absolute atomic E-state index is 14.1. The molecule has 2 aromatic rings. The summed E-state index contributed by atoms with van der Waals surface area (Å²) in [5.41, 5.74) is 1.01. The van der Waals surface area contributed by atoms with E-state index < -0.39 is 11.6 Å². The quantitative estimate of drug-likeness (QED) is 0.910. The molecule has 0 unspecified atom stereocenters. The number of carbonyl (C=O) groups is 1. The fraction of sp³-hybridized carbons (Fsp3) is 0.353. The van der Waals surface area contributed by atoms with Crippen LogP contribution in [0.5, 0.6) is 0 Å². The average Bonchev–Trinajstić information content (AvgIpc) is 3.00. The third-order valence-corrected chi connectivity index (χ3v) is 4.84. The van der Waals surface area contributed by atoms with Crippen molar-refractivity contribution in [3.63, 3.8) is 0 Å². The Morgan fingerprint density at radius 3 is 3.00 bits per heavy atom. The number of thiophene rings is 1. The summed E-state index contributed by atoms with van der Waals surface area (Å²) in [6.07, 6.45) is 2.22. The van der Waals surface area contributed by atoms with Crippen LogP contribution in [-0.2, 0) is 17.6 Å². The lowest BCUT2D eigenvalue weighted by molar-refractivity contribution is -0.119. The van der Waals surface area contributed by atoms with Gasteiger partial charge in [-0.15, -0.1) is 11.3 Å². The van der Waals surface area contributed by atoms with Gasteiger partial charge in [-0.1, -0.05) is 6.07 Å². The molecule has 0 radical (unpaired) electrons. The summed E-state index contributed by atoms with van der Waals surface area (Å²) >= 11 is 1.66. The Bertz CT molecular complexity index is 688. The van der Waals surface area contributed by atoms with Crippen molar-refractivity contribution in [2.45, 2.75) is 19.3 Å². The van der Waals surface area contributed by atoms with Gasteiger partial charge in [-0.25, -0.2) is 8.78 Å². The van der Waals surface area contributed by atoms with Gasteiger partial charge in [0, 0.05) is 24.0 Å².